The zero-order chi connectivity index (χ0) is 15.8. The van der Waals surface area contributed by atoms with Crippen molar-refractivity contribution in [3.8, 4) is 0 Å². The molecule has 0 aromatic rings. The number of hydrogen-bond acceptors (Lipinski definition) is 5. The van der Waals surface area contributed by atoms with E-state index in [-0.39, 0.29) is 18.9 Å². The fourth-order valence-corrected chi connectivity index (χ4v) is 3.32. The van der Waals surface area contributed by atoms with Gasteiger partial charge < -0.3 is 19.7 Å². The maximum atomic E-state index is 11.3. The lowest BCUT2D eigenvalue weighted by atomic mass is 9.62. The molecule has 7 nitrogen and oxygen atoms in total. The maximum Gasteiger partial charge on any atom is 0.330 e. The molecule has 0 bridgehead atoms. The van der Waals surface area contributed by atoms with Crippen LogP contribution < -0.4 is 0 Å². The first-order chi connectivity index (χ1) is 9.80. The monoisotopic (exact) mass is 298 g/mol. The highest BCUT2D eigenvalue weighted by Gasteiger charge is 2.61. The third-order valence-corrected chi connectivity index (χ3v) is 4.43. The van der Waals surface area contributed by atoms with Crippen molar-refractivity contribution in [3.05, 3.63) is 12.7 Å². The molecule has 2 fully saturated rings. The molecule has 0 aromatic carbocycles. The number of esters is 1. The Labute approximate surface area is 121 Å². The molecule has 0 radical (unpaired) electrons. The molecule has 1 saturated heterocycles. The zero-order valence-electron chi connectivity index (χ0n) is 11.7. The van der Waals surface area contributed by atoms with Crippen LogP contribution >= 0.6 is 0 Å². The van der Waals surface area contributed by atoms with E-state index in [2.05, 4.69) is 6.58 Å². The van der Waals surface area contributed by atoms with E-state index in [1.165, 1.54) is 0 Å². The molecule has 7 heteroatoms. The van der Waals surface area contributed by atoms with Crippen LogP contribution in [0.15, 0.2) is 12.7 Å². The highest BCUT2D eigenvalue weighted by molar-refractivity contribution is 5.81. The quantitative estimate of drug-likeness (QED) is 0.567. The van der Waals surface area contributed by atoms with Crippen LogP contribution in [-0.2, 0) is 23.9 Å². The first kappa shape index (κ1) is 15.5. The van der Waals surface area contributed by atoms with Crippen LogP contribution in [0.2, 0.25) is 0 Å². The first-order valence-electron chi connectivity index (χ1n) is 6.73. The molecule has 21 heavy (non-hydrogen) atoms. The van der Waals surface area contributed by atoms with Gasteiger partial charge in [-0.1, -0.05) is 6.58 Å². The first-order valence-corrected chi connectivity index (χ1v) is 6.73. The van der Waals surface area contributed by atoms with Gasteiger partial charge in [0.05, 0.1) is 17.9 Å². The van der Waals surface area contributed by atoms with E-state index in [4.69, 9.17) is 14.6 Å². The number of carbonyl (C=O) groups excluding carboxylic acids is 1. The van der Waals surface area contributed by atoms with E-state index in [1.54, 1.807) is 6.92 Å². The number of hydrogen-bond donors (Lipinski definition) is 2. The lowest BCUT2D eigenvalue weighted by Crippen LogP contribution is -2.67. The van der Waals surface area contributed by atoms with Crippen LogP contribution in [0.1, 0.15) is 19.8 Å². The molecule has 2 rings (SSSR count). The van der Waals surface area contributed by atoms with Crippen LogP contribution in [0.25, 0.3) is 0 Å². The molecule has 1 heterocycles. The number of rotatable bonds is 5. The Hall–Kier alpha value is -1.89. The number of carbonyl (C=O) groups is 3. The molecule has 1 aliphatic heterocycles. The lowest BCUT2D eigenvalue weighted by Gasteiger charge is -2.57. The Morgan fingerprint density at radius 3 is 2.52 bits per heavy atom. The molecule has 2 N–H and O–H groups in total. The Balaban J connectivity index is 2.07. The highest BCUT2D eigenvalue weighted by Crippen LogP contribution is 2.51. The maximum absolute atomic E-state index is 11.3. The van der Waals surface area contributed by atoms with Crippen LogP contribution in [0.4, 0.5) is 0 Å². The van der Waals surface area contributed by atoms with E-state index in [0.717, 1.165) is 6.08 Å². The van der Waals surface area contributed by atoms with Gasteiger partial charge in [-0.2, -0.15) is 0 Å². The molecular formula is C14H18O7. The van der Waals surface area contributed by atoms with Gasteiger partial charge in [0.25, 0.3) is 0 Å². The van der Waals surface area contributed by atoms with Crippen molar-refractivity contribution in [3.63, 3.8) is 0 Å². The summed E-state index contributed by atoms with van der Waals surface area (Å²) in [6, 6.07) is 0. The van der Waals surface area contributed by atoms with Crippen molar-refractivity contribution in [2.45, 2.75) is 31.5 Å². The van der Waals surface area contributed by atoms with Gasteiger partial charge in [-0.25, -0.2) is 4.79 Å². The van der Waals surface area contributed by atoms with Gasteiger partial charge >= 0.3 is 17.9 Å². The van der Waals surface area contributed by atoms with Gasteiger partial charge in [0.2, 0.25) is 0 Å². The number of carboxylic acid groups (broad SMARTS) is 2. The second-order valence-corrected chi connectivity index (χ2v) is 5.70. The van der Waals surface area contributed by atoms with Gasteiger partial charge in [0.15, 0.2) is 0 Å². The molecule has 0 spiro atoms. The largest absolute Gasteiger partial charge is 0.481 e. The summed E-state index contributed by atoms with van der Waals surface area (Å²) in [4.78, 5) is 33.6. The molecule has 5 unspecified atom stereocenters. The summed E-state index contributed by atoms with van der Waals surface area (Å²) >= 11 is 0. The molecule has 0 aromatic heterocycles. The fourth-order valence-electron chi connectivity index (χ4n) is 3.32. The fraction of sp³-hybridized carbons (Fsp3) is 0.643. The minimum Gasteiger partial charge on any atom is -0.481 e. The predicted molar refractivity (Wildman–Crippen MR) is 69.4 cm³/mol. The Morgan fingerprint density at radius 1 is 1.33 bits per heavy atom. The number of fused-ring (bicyclic) bond motifs is 1. The van der Waals surface area contributed by atoms with Crippen molar-refractivity contribution in [2.24, 2.45) is 17.8 Å². The zero-order valence-corrected chi connectivity index (χ0v) is 11.7. The predicted octanol–water partition coefficient (Wildman–Crippen LogP) is 0.685. The molecular weight excluding hydrogens is 280 g/mol. The van der Waals surface area contributed by atoms with Gasteiger partial charge in [0, 0.05) is 12.0 Å². The SMILES string of the molecule is C=CC(=O)OCC1(C)OC2C(C(=O)O)C(C(=O)O)CCC21. The van der Waals surface area contributed by atoms with Crippen molar-refractivity contribution < 1.29 is 34.1 Å². The second kappa shape index (κ2) is 5.48. The van der Waals surface area contributed by atoms with Gasteiger partial charge in [0.1, 0.15) is 12.2 Å². The van der Waals surface area contributed by atoms with Crippen LogP contribution in [0.5, 0.6) is 0 Å². The number of carboxylic acids is 2. The summed E-state index contributed by atoms with van der Waals surface area (Å²) < 4.78 is 10.6. The third-order valence-electron chi connectivity index (χ3n) is 4.43. The Morgan fingerprint density at radius 2 is 2.00 bits per heavy atom. The third kappa shape index (κ3) is 2.65. The van der Waals surface area contributed by atoms with Crippen molar-refractivity contribution in [1.29, 1.82) is 0 Å². The molecule has 2 aliphatic rings. The topological polar surface area (TPSA) is 110 Å². The minimum atomic E-state index is -1.16. The van der Waals surface area contributed by atoms with E-state index in [0.29, 0.717) is 6.42 Å². The van der Waals surface area contributed by atoms with E-state index in [9.17, 15) is 19.5 Å². The van der Waals surface area contributed by atoms with Gasteiger partial charge in [-0.3, -0.25) is 9.59 Å². The average molecular weight is 298 g/mol. The summed E-state index contributed by atoms with van der Waals surface area (Å²) in [5.74, 6) is -4.99. The van der Waals surface area contributed by atoms with E-state index < -0.39 is 41.4 Å². The van der Waals surface area contributed by atoms with Crippen molar-refractivity contribution in [1.82, 2.24) is 0 Å². The highest BCUT2D eigenvalue weighted by atomic mass is 16.6. The minimum absolute atomic E-state index is 0.00307. The standard InChI is InChI=1S/C14H18O7/c1-3-9(15)20-6-14(2)8-5-4-7(12(16)17)10(13(18)19)11(8)21-14/h3,7-8,10-11H,1,4-6H2,2H3,(H,16,17)(H,18,19). The van der Waals surface area contributed by atoms with Crippen LogP contribution in [0.3, 0.4) is 0 Å². The molecule has 1 aliphatic carbocycles. The van der Waals surface area contributed by atoms with E-state index in [1.807, 2.05) is 0 Å². The molecule has 0 amide bonds. The summed E-state index contributed by atoms with van der Waals surface area (Å²) in [5.41, 5.74) is -0.763. The molecule has 5 atom stereocenters. The van der Waals surface area contributed by atoms with E-state index >= 15 is 0 Å². The van der Waals surface area contributed by atoms with Gasteiger partial charge in [-0.15, -0.1) is 0 Å². The number of ether oxygens (including phenoxy) is 2. The summed E-state index contributed by atoms with van der Waals surface area (Å²) in [6.07, 6.45) is 1.21. The molecule has 1 saturated carbocycles. The average Bonchev–Trinajstić information content (AvgIpc) is 2.42. The van der Waals surface area contributed by atoms with Gasteiger partial charge in [-0.05, 0) is 19.8 Å². The van der Waals surface area contributed by atoms with Crippen molar-refractivity contribution in [2.75, 3.05) is 6.61 Å². The molecule has 116 valence electrons. The van der Waals surface area contributed by atoms with Crippen LogP contribution in [-0.4, -0.2) is 46.4 Å². The summed E-state index contributed by atoms with van der Waals surface area (Å²) in [7, 11) is 0. The normalized spacial score (nSPS) is 37.8. The second-order valence-electron chi connectivity index (χ2n) is 5.70. The smallest absolute Gasteiger partial charge is 0.330 e. The van der Waals surface area contributed by atoms with Crippen LogP contribution in [0, 0.1) is 17.8 Å². The summed E-state index contributed by atoms with van der Waals surface area (Å²) in [6.45, 7) is 5.04. The number of aliphatic carboxylic acids is 2. The lowest BCUT2D eigenvalue weighted by molar-refractivity contribution is -0.299. The van der Waals surface area contributed by atoms with Crippen molar-refractivity contribution >= 4 is 17.9 Å². The Kier molecular flexibility index (Phi) is 4.04. The Bertz CT molecular complexity index is 486. The summed E-state index contributed by atoms with van der Waals surface area (Å²) in [5, 5.41) is 18.4.